The molecule has 2 amide bonds. The van der Waals surface area contributed by atoms with Crippen LogP contribution in [0.5, 0.6) is 0 Å². The third kappa shape index (κ3) is 8.56. The summed E-state index contributed by atoms with van der Waals surface area (Å²) in [6.07, 6.45) is 1.02. The maximum atomic E-state index is 12.6. The molecule has 0 aliphatic carbocycles. The third-order valence-corrected chi connectivity index (χ3v) is 4.47. The molecule has 1 fully saturated rings. The van der Waals surface area contributed by atoms with Crippen molar-refractivity contribution in [3.8, 4) is 0 Å². The summed E-state index contributed by atoms with van der Waals surface area (Å²) in [6, 6.07) is 0. The maximum absolute atomic E-state index is 12.6. The SMILES string of the molecule is CC(C)(C)OC(=O)NCCOC(=O)[C@@H]1C2C=CC(O2)[C@@H]1C(=O)OCCNC(=O)OC(C)(C)C. The molecule has 0 aromatic carbocycles. The number of rotatable bonds is 8. The Hall–Kier alpha value is -2.82. The predicted molar refractivity (Wildman–Crippen MR) is 115 cm³/mol. The number of alkyl carbamates (subject to hydrolysis) is 2. The Labute approximate surface area is 193 Å². The molecule has 1 saturated heterocycles. The van der Waals surface area contributed by atoms with Crippen LogP contribution in [0.3, 0.4) is 0 Å². The molecule has 11 heteroatoms. The molecule has 2 rings (SSSR count). The van der Waals surface area contributed by atoms with Gasteiger partial charge in [-0.3, -0.25) is 9.59 Å². The lowest BCUT2D eigenvalue weighted by Crippen LogP contribution is -2.40. The van der Waals surface area contributed by atoms with E-state index >= 15 is 0 Å². The molecule has 0 radical (unpaired) electrons. The van der Waals surface area contributed by atoms with Crippen molar-refractivity contribution < 1.29 is 42.9 Å². The first kappa shape index (κ1) is 26.4. The monoisotopic (exact) mass is 470 g/mol. The van der Waals surface area contributed by atoms with Crippen molar-refractivity contribution in [2.24, 2.45) is 11.8 Å². The van der Waals surface area contributed by atoms with E-state index in [4.69, 9.17) is 23.7 Å². The van der Waals surface area contributed by atoms with Crippen LogP contribution in [0, 0.1) is 11.8 Å². The maximum Gasteiger partial charge on any atom is 0.407 e. The Morgan fingerprint density at radius 1 is 0.727 bits per heavy atom. The zero-order valence-corrected chi connectivity index (χ0v) is 20.0. The first-order chi connectivity index (χ1) is 15.3. The number of nitrogens with one attached hydrogen (secondary N) is 2. The van der Waals surface area contributed by atoms with Crippen LogP contribution >= 0.6 is 0 Å². The number of carbonyl (C=O) groups is 4. The van der Waals surface area contributed by atoms with Gasteiger partial charge in [0.15, 0.2) is 0 Å². The minimum absolute atomic E-state index is 0.0591. The standard InChI is InChI=1S/C22H34N2O9/c1-21(2,3)32-19(27)23-9-11-29-17(25)15-13-7-8-14(31-13)16(15)18(26)30-12-10-24-20(28)33-22(4,5)6/h7-8,13-16H,9-12H2,1-6H3,(H,23,27)(H,24,28)/t13?,14?,15-,16+. The number of amides is 2. The fraction of sp³-hybridized carbons (Fsp3) is 0.727. The smallest absolute Gasteiger partial charge is 0.407 e. The van der Waals surface area contributed by atoms with E-state index in [0.717, 1.165) is 0 Å². The van der Waals surface area contributed by atoms with Gasteiger partial charge in [0.2, 0.25) is 0 Å². The molecule has 2 bridgehead atoms. The summed E-state index contributed by atoms with van der Waals surface area (Å²) in [5, 5.41) is 4.98. The molecule has 186 valence electrons. The van der Waals surface area contributed by atoms with Crippen LogP contribution in [-0.4, -0.2) is 73.8 Å². The number of hydrogen-bond donors (Lipinski definition) is 2. The van der Waals surface area contributed by atoms with Crippen molar-refractivity contribution >= 4 is 24.1 Å². The van der Waals surface area contributed by atoms with Crippen LogP contribution in [0.15, 0.2) is 12.2 Å². The average Bonchev–Trinajstić information content (AvgIpc) is 3.27. The Bertz CT molecular complexity index is 705. The van der Waals surface area contributed by atoms with Crippen molar-refractivity contribution in [1.82, 2.24) is 10.6 Å². The molecule has 0 saturated carbocycles. The van der Waals surface area contributed by atoms with E-state index < -0.39 is 59.4 Å². The topological polar surface area (TPSA) is 138 Å². The summed E-state index contributed by atoms with van der Waals surface area (Å²) < 4.78 is 26.3. The lowest BCUT2D eigenvalue weighted by Gasteiger charge is -2.23. The first-order valence-electron chi connectivity index (χ1n) is 10.9. The second kappa shape index (κ2) is 10.9. The van der Waals surface area contributed by atoms with Gasteiger partial charge in [0, 0.05) is 0 Å². The van der Waals surface area contributed by atoms with Gasteiger partial charge in [-0.2, -0.15) is 0 Å². The molecule has 0 spiro atoms. The van der Waals surface area contributed by atoms with Gasteiger partial charge >= 0.3 is 24.1 Å². The largest absolute Gasteiger partial charge is 0.463 e. The summed E-state index contributed by atoms with van der Waals surface area (Å²) in [5.41, 5.74) is -1.27. The molecule has 2 unspecified atom stereocenters. The second-order valence-electron chi connectivity index (χ2n) is 9.69. The van der Waals surface area contributed by atoms with Crippen molar-refractivity contribution in [3.63, 3.8) is 0 Å². The van der Waals surface area contributed by atoms with Gasteiger partial charge in [-0.05, 0) is 41.5 Å². The van der Waals surface area contributed by atoms with Crippen LogP contribution in [-0.2, 0) is 33.3 Å². The minimum atomic E-state index is -0.854. The highest BCUT2D eigenvalue weighted by molar-refractivity contribution is 5.85. The van der Waals surface area contributed by atoms with Crippen LogP contribution in [0.1, 0.15) is 41.5 Å². The van der Waals surface area contributed by atoms with Gasteiger partial charge in [0.25, 0.3) is 0 Å². The summed E-state index contributed by atoms with van der Waals surface area (Å²) in [4.78, 5) is 48.5. The fourth-order valence-corrected chi connectivity index (χ4v) is 3.30. The number of hydrogen-bond acceptors (Lipinski definition) is 9. The molecule has 11 nitrogen and oxygen atoms in total. The predicted octanol–water partition coefficient (Wildman–Crippen LogP) is 1.69. The van der Waals surface area contributed by atoms with Crippen molar-refractivity contribution in [3.05, 3.63) is 12.2 Å². The van der Waals surface area contributed by atoms with E-state index in [0.29, 0.717) is 0 Å². The van der Waals surface area contributed by atoms with Crippen LogP contribution in [0.2, 0.25) is 0 Å². The van der Waals surface area contributed by atoms with E-state index in [1.807, 2.05) is 0 Å². The number of esters is 2. The van der Waals surface area contributed by atoms with E-state index in [9.17, 15) is 19.2 Å². The van der Waals surface area contributed by atoms with Crippen LogP contribution < -0.4 is 10.6 Å². The van der Waals surface area contributed by atoms with Gasteiger partial charge in [0.05, 0.1) is 25.3 Å². The van der Waals surface area contributed by atoms with Gasteiger partial charge in [0.1, 0.15) is 36.3 Å². The van der Waals surface area contributed by atoms with Crippen molar-refractivity contribution in [1.29, 1.82) is 0 Å². The Morgan fingerprint density at radius 2 is 1.09 bits per heavy atom. The molecule has 2 heterocycles. The van der Waals surface area contributed by atoms with E-state index in [2.05, 4.69) is 10.6 Å². The zero-order valence-electron chi connectivity index (χ0n) is 20.0. The average molecular weight is 471 g/mol. The van der Waals surface area contributed by atoms with Crippen LogP contribution in [0.25, 0.3) is 0 Å². The van der Waals surface area contributed by atoms with Gasteiger partial charge in [-0.15, -0.1) is 0 Å². The molecule has 2 aliphatic rings. The van der Waals surface area contributed by atoms with Crippen molar-refractivity contribution in [2.75, 3.05) is 26.3 Å². The fourth-order valence-electron chi connectivity index (χ4n) is 3.30. The summed E-state index contributed by atoms with van der Waals surface area (Å²) in [6.45, 7) is 10.4. The van der Waals surface area contributed by atoms with Gasteiger partial charge < -0.3 is 34.3 Å². The quantitative estimate of drug-likeness (QED) is 0.235. The molecular weight excluding hydrogens is 436 g/mol. The summed E-state index contributed by atoms with van der Waals surface area (Å²) in [7, 11) is 0. The highest BCUT2D eigenvalue weighted by Crippen LogP contribution is 2.40. The molecular formula is C22H34N2O9. The summed E-state index contributed by atoms with van der Waals surface area (Å²) >= 11 is 0. The number of fused-ring (bicyclic) bond motifs is 2. The Morgan fingerprint density at radius 3 is 1.42 bits per heavy atom. The highest BCUT2D eigenvalue weighted by atomic mass is 16.6. The number of ether oxygens (including phenoxy) is 5. The highest BCUT2D eigenvalue weighted by Gasteiger charge is 2.54. The number of carbonyl (C=O) groups excluding carboxylic acids is 4. The van der Waals surface area contributed by atoms with E-state index in [1.54, 1.807) is 53.7 Å². The lowest BCUT2D eigenvalue weighted by atomic mass is 9.83. The van der Waals surface area contributed by atoms with Gasteiger partial charge in [-0.25, -0.2) is 9.59 Å². The van der Waals surface area contributed by atoms with E-state index in [1.165, 1.54) is 0 Å². The second-order valence-corrected chi connectivity index (χ2v) is 9.69. The Kier molecular flexibility index (Phi) is 8.70. The van der Waals surface area contributed by atoms with Crippen molar-refractivity contribution in [2.45, 2.75) is 65.0 Å². The minimum Gasteiger partial charge on any atom is -0.463 e. The molecule has 2 aliphatic heterocycles. The normalized spacial score (nSPS) is 23.6. The van der Waals surface area contributed by atoms with Gasteiger partial charge in [-0.1, -0.05) is 12.2 Å². The van der Waals surface area contributed by atoms with Crippen LogP contribution in [0.4, 0.5) is 9.59 Å². The summed E-state index contributed by atoms with van der Waals surface area (Å²) in [5.74, 6) is -2.95. The van der Waals surface area contributed by atoms with E-state index in [-0.39, 0.29) is 26.3 Å². The third-order valence-electron chi connectivity index (χ3n) is 4.47. The zero-order chi connectivity index (χ0) is 24.8. The molecule has 0 aromatic rings. The lowest BCUT2D eigenvalue weighted by molar-refractivity contribution is -0.159. The molecule has 33 heavy (non-hydrogen) atoms. The molecule has 2 N–H and O–H groups in total. The molecule has 0 aromatic heterocycles. The molecule has 4 atom stereocenters. The first-order valence-corrected chi connectivity index (χ1v) is 10.9. The Balaban J connectivity index is 1.77.